The summed E-state index contributed by atoms with van der Waals surface area (Å²) in [7, 11) is 0. The third-order valence-corrected chi connectivity index (χ3v) is 3.54. The number of carbonyl (C=O) groups is 1. The fourth-order valence-corrected chi connectivity index (χ4v) is 2.46. The Hall–Kier alpha value is -3.50. The predicted molar refractivity (Wildman–Crippen MR) is 88.9 cm³/mol. The third-order valence-electron chi connectivity index (χ3n) is 3.54. The molecule has 140 valence electrons. The summed E-state index contributed by atoms with van der Waals surface area (Å²) in [6.07, 6.45) is -4.16. The highest BCUT2D eigenvalue weighted by atomic mass is 19.4. The van der Waals surface area contributed by atoms with E-state index in [2.05, 4.69) is 20.1 Å². The lowest BCUT2D eigenvalue weighted by Crippen LogP contribution is -2.15. The SMILES string of the molecule is NC(=O)Cc1nc(-c2cnc(N)nc2C(F)(F)F)n(Cc2ccccc2)n1. The Kier molecular flexibility index (Phi) is 4.75. The summed E-state index contributed by atoms with van der Waals surface area (Å²) in [6.45, 7) is 0.129. The van der Waals surface area contributed by atoms with Crippen LogP contribution in [0.5, 0.6) is 0 Å². The Balaban J connectivity index is 2.14. The van der Waals surface area contributed by atoms with Crippen molar-refractivity contribution in [3.05, 3.63) is 53.6 Å². The maximum absolute atomic E-state index is 13.4. The van der Waals surface area contributed by atoms with Crippen LogP contribution in [0.15, 0.2) is 36.5 Å². The van der Waals surface area contributed by atoms with Gasteiger partial charge in [-0.15, -0.1) is 0 Å². The second-order valence-electron chi connectivity index (χ2n) is 5.63. The minimum atomic E-state index is -4.78. The van der Waals surface area contributed by atoms with Gasteiger partial charge in [-0.1, -0.05) is 30.3 Å². The Morgan fingerprint density at radius 1 is 1.15 bits per heavy atom. The number of anilines is 1. The van der Waals surface area contributed by atoms with E-state index in [1.807, 2.05) is 0 Å². The number of benzene rings is 1. The van der Waals surface area contributed by atoms with Crippen LogP contribution in [-0.2, 0) is 23.9 Å². The molecule has 11 heteroatoms. The molecule has 3 aromatic rings. The molecule has 0 aliphatic heterocycles. The van der Waals surface area contributed by atoms with Crippen LogP contribution >= 0.6 is 0 Å². The maximum Gasteiger partial charge on any atom is 0.434 e. The number of aromatic nitrogens is 5. The van der Waals surface area contributed by atoms with Gasteiger partial charge < -0.3 is 11.5 Å². The van der Waals surface area contributed by atoms with E-state index in [0.717, 1.165) is 11.8 Å². The number of nitrogen functional groups attached to an aromatic ring is 1. The van der Waals surface area contributed by atoms with Gasteiger partial charge in [0.05, 0.1) is 18.5 Å². The van der Waals surface area contributed by atoms with Gasteiger partial charge in [-0.3, -0.25) is 4.79 Å². The number of hydrogen-bond donors (Lipinski definition) is 2. The van der Waals surface area contributed by atoms with Crippen LogP contribution in [0, 0.1) is 0 Å². The molecule has 1 aromatic carbocycles. The molecule has 0 aliphatic rings. The molecule has 0 radical (unpaired) electrons. The van der Waals surface area contributed by atoms with Crippen molar-refractivity contribution in [3.63, 3.8) is 0 Å². The second-order valence-corrected chi connectivity index (χ2v) is 5.63. The zero-order valence-corrected chi connectivity index (χ0v) is 13.8. The third kappa shape index (κ3) is 4.19. The first-order valence-corrected chi connectivity index (χ1v) is 7.70. The van der Waals surface area contributed by atoms with Gasteiger partial charge in [-0.05, 0) is 5.56 Å². The Morgan fingerprint density at radius 3 is 2.48 bits per heavy atom. The van der Waals surface area contributed by atoms with Crippen LogP contribution in [0.3, 0.4) is 0 Å². The molecule has 0 spiro atoms. The number of alkyl halides is 3. The molecule has 0 unspecified atom stereocenters. The van der Waals surface area contributed by atoms with E-state index in [4.69, 9.17) is 11.5 Å². The zero-order valence-electron chi connectivity index (χ0n) is 13.8. The van der Waals surface area contributed by atoms with Crippen molar-refractivity contribution in [1.29, 1.82) is 0 Å². The van der Waals surface area contributed by atoms with Crippen molar-refractivity contribution in [3.8, 4) is 11.4 Å². The van der Waals surface area contributed by atoms with Gasteiger partial charge in [0, 0.05) is 6.20 Å². The van der Waals surface area contributed by atoms with E-state index in [1.165, 1.54) is 4.68 Å². The molecule has 4 N–H and O–H groups in total. The van der Waals surface area contributed by atoms with Crippen LogP contribution in [0.4, 0.5) is 19.1 Å². The number of nitrogens with two attached hydrogens (primary N) is 2. The smallest absolute Gasteiger partial charge is 0.369 e. The summed E-state index contributed by atoms with van der Waals surface area (Å²) in [6, 6.07) is 8.93. The van der Waals surface area contributed by atoms with E-state index < -0.39 is 29.3 Å². The molecular weight excluding hydrogens is 363 g/mol. The molecule has 3 rings (SSSR count). The monoisotopic (exact) mass is 377 g/mol. The second kappa shape index (κ2) is 7.02. The maximum atomic E-state index is 13.4. The average molecular weight is 377 g/mol. The molecule has 0 bridgehead atoms. The van der Waals surface area contributed by atoms with E-state index in [9.17, 15) is 18.0 Å². The number of primary amides is 1. The standard InChI is InChI=1S/C16H14F3N7O/c17-16(18,19)13-10(7-22-15(21)24-13)14-23-12(6-11(20)27)25-26(14)8-9-4-2-1-3-5-9/h1-5,7H,6,8H2,(H2,20,27)(H2,21,22,24). The van der Waals surface area contributed by atoms with Gasteiger partial charge >= 0.3 is 6.18 Å². The topological polar surface area (TPSA) is 126 Å². The van der Waals surface area contributed by atoms with E-state index >= 15 is 0 Å². The van der Waals surface area contributed by atoms with Gasteiger partial charge in [0.25, 0.3) is 0 Å². The highest BCUT2D eigenvalue weighted by molar-refractivity contribution is 5.75. The first-order chi connectivity index (χ1) is 12.7. The van der Waals surface area contributed by atoms with Crippen molar-refractivity contribution in [2.24, 2.45) is 5.73 Å². The molecule has 1 amide bonds. The summed E-state index contributed by atoms with van der Waals surface area (Å²) in [4.78, 5) is 22.2. The van der Waals surface area contributed by atoms with E-state index in [0.29, 0.717) is 0 Å². The number of carbonyl (C=O) groups excluding carboxylic acids is 1. The van der Waals surface area contributed by atoms with Crippen LogP contribution in [0.25, 0.3) is 11.4 Å². The number of halogens is 3. The molecule has 2 heterocycles. The quantitative estimate of drug-likeness (QED) is 0.692. The van der Waals surface area contributed by atoms with Gasteiger partial charge in [0.1, 0.15) is 0 Å². The van der Waals surface area contributed by atoms with Crippen LogP contribution < -0.4 is 11.5 Å². The van der Waals surface area contributed by atoms with Gasteiger partial charge in [0.2, 0.25) is 11.9 Å². The largest absolute Gasteiger partial charge is 0.434 e. The molecule has 0 atom stereocenters. The lowest BCUT2D eigenvalue weighted by atomic mass is 10.2. The van der Waals surface area contributed by atoms with Crippen molar-refractivity contribution in [1.82, 2.24) is 24.7 Å². The van der Waals surface area contributed by atoms with Crippen molar-refractivity contribution in [2.45, 2.75) is 19.1 Å². The number of amides is 1. The molecule has 2 aromatic heterocycles. The summed E-state index contributed by atoms with van der Waals surface area (Å²) in [5, 5.41) is 4.12. The zero-order chi connectivity index (χ0) is 19.6. The van der Waals surface area contributed by atoms with E-state index in [-0.39, 0.29) is 24.6 Å². The Morgan fingerprint density at radius 2 is 1.85 bits per heavy atom. The molecule has 8 nitrogen and oxygen atoms in total. The van der Waals surface area contributed by atoms with Crippen molar-refractivity contribution >= 4 is 11.9 Å². The normalized spacial score (nSPS) is 11.5. The summed E-state index contributed by atoms with van der Waals surface area (Å²) in [5.41, 5.74) is 9.60. The van der Waals surface area contributed by atoms with Gasteiger partial charge in [-0.25, -0.2) is 19.6 Å². The highest BCUT2D eigenvalue weighted by Gasteiger charge is 2.38. The molecule has 0 saturated heterocycles. The summed E-state index contributed by atoms with van der Waals surface area (Å²) in [5.74, 6) is -1.36. The fourth-order valence-electron chi connectivity index (χ4n) is 2.46. The lowest BCUT2D eigenvalue weighted by molar-refractivity contribution is -0.140. The van der Waals surface area contributed by atoms with Crippen LogP contribution in [0.1, 0.15) is 17.1 Å². The fraction of sp³-hybridized carbons (Fsp3) is 0.188. The average Bonchev–Trinajstić information content (AvgIpc) is 2.96. The van der Waals surface area contributed by atoms with Crippen molar-refractivity contribution in [2.75, 3.05) is 5.73 Å². The highest BCUT2D eigenvalue weighted by Crippen LogP contribution is 2.35. The molecule has 0 saturated carbocycles. The molecule has 0 aliphatic carbocycles. The van der Waals surface area contributed by atoms with Gasteiger partial charge in [0.15, 0.2) is 17.3 Å². The molecule has 27 heavy (non-hydrogen) atoms. The minimum absolute atomic E-state index is 0.00150. The number of hydrogen-bond acceptors (Lipinski definition) is 6. The first kappa shape index (κ1) is 18.3. The summed E-state index contributed by atoms with van der Waals surface area (Å²) < 4.78 is 41.5. The molecular formula is C16H14F3N7O. The summed E-state index contributed by atoms with van der Waals surface area (Å²) >= 11 is 0. The minimum Gasteiger partial charge on any atom is -0.369 e. The van der Waals surface area contributed by atoms with Crippen molar-refractivity contribution < 1.29 is 18.0 Å². The first-order valence-electron chi connectivity index (χ1n) is 7.70. The molecule has 0 fully saturated rings. The van der Waals surface area contributed by atoms with Crippen LogP contribution in [-0.4, -0.2) is 30.6 Å². The van der Waals surface area contributed by atoms with Crippen LogP contribution in [0.2, 0.25) is 0 Å². The predicted octanol–water partition coefficient (Wildman–Crippen LogP) is 1.41. The van der Waals surface area contributed by atoms with Gasteiger partial charge in [-0.2, -0.15) is 18.3 Å². The Bertz CT molecular complexity index is 970. The number of rotatable bonds is 5. The van der Waals surface area contributed by atoms with E-state index in [1.54, 1.807) is 30.3 Å². The lowest BCUT2D eigenvalue weighted by Gasteiger charge is -2.12. The number of nitrogens with zero attached hydrogens (tertiary/aromatic N) is 5. The Labute approximate surface area is 151 Å².